The molecule has 0 atom stereocenters. The van der Waals surface area contributed by atoms with Crippen LogP contribution >= 0.6 is 11.3 Å². The highest BCUT2D eigenvalue weighted by Crippen LogP contribution is 2.19. The first-order valence-corrected chi connectivity index (χ1v) is 6.03. The van der Waals surface area contributed by atoms with Gasteiger partial charge in [0.2, 0.25) is 0 Å². The molecule has 1 rings (SSSR count). The second-order valence-corrected chi connectivity index (χ2v) is 4.93. The quantitative estimate of drug-likeness (QED) is 0.426. The van der Waals surface area contributed by atoms with Crippen molar-refractivity contribution in [3.05, 3.63) is 15.6 Å². The molecule has 96 valence electrons. The minimum absolute atomic E-state index is 0.314. The van der Waals surface area contributed by atoms with Crippen LogP contribution in [0.1, 0.15) is 20.4 Å². The van der Waals surface area contributed by atoms with Gasteiger partial charge in [-0.05, 0) is 14.1 Å². The molecule has 6 nitrogen and oxygen atoms in total. The van der Waals surface area contributed by atoms with Gasteiger partial charge in [-0.3, -0.25) is 10.2 Å². The number of amides is 1. The average molecular weight is 258 g/mol. The van der Waals surface area contributed by atoms with Crippen LogP contribution in [0, 0.1) is 0 Å². The van der Waals surface area contributed by atoms with Crippen molar-refractivity contribution in [2.75, 3.05) is 27.7 Å². The number of nitrogens with zero attached hydrogens (tertiary/aromatic N) is 2. The van der Waals surface area contributed by atoms with E-state index in [0.29, 0.717) is 17.2 Å². The first kappa shape index (κ1) is 14.0. The molecule has 1 heterocycles. The SMILES string of the molecule is COCc1nc(CCN(C)C)sc1C(=O)NN. The molecular formula is C10H18N4O2S. The zero-order valence-electron chi connectivity index (χ0n) is 10.3. The number of nitrogens with one attached hydrogen (secondary N) is 1. The van der Waals surface area contributed by atoms with Gasteiger partial charge in [0, 0.05) is 20.1 Å². The molecule has 0 aliphatic rings. The Morgan fingerprint density at radius 3 is 2.82 bits per heavy atom. The van der Waals surface area contributed by atoms with Crippen LogP contribution in [0.5, 0.6) is 0 Å². The Balaban J connectivity index is 2.83. The Morgan fingerprint density at radius 2 is 2.29 bits per heavy atom. The molecule has 0 unspecified atom stereocenters. The summed E-state index contributed by atoms with van der Waals surface area (Å²) in [6.45, 7) is 1.21. The minimum Gasteiger partial charge on any atom is -0.378 e. The predicted octanol–water partition coefficient (Wildman–Crippen LogP) is -0.00290. The molecule has 0 spiro atoms. The van der Waals surface area contributed by atoms with Crippen LogP contribution in [0.2, 0.25) is 0 Å². The molecule has 0 fully saturated rings. The zero-order valence-corrected chi connectivity index (χ0v) is 11.1. The number of rotatable bonds is 6. The molecule has 0 aliphatic carbocycles. The van der Waals surface area contributed by atoms with Gasteiger partial charge < -0.3 is 9.64 Å². The number of methoxy groups -OCH3 is 1. The van der Waals surface area contributed by atoms with Gasteiger partial charge in [-0.15, -0.1) is 11.3 Å². The minimum atomic E-state index is -0.314. The highest BCUT2D eigenvalue weighted by molar-refractivity contribution is 7.13. The Hall–Kier alpha value is -1.02. The lowest BCUT2D eigenvalue weighted by atomic mass is 10.3. The van der Waals surface area contributed by atoms with E-state index in [1.54, 1.807) is 7.11 Å². The van der Waals surface area contributed by atoms with Crippen LogP contribution in [0.4, 0.5) is 0 Å². The molecule has 0 aromatic carbocycles. The van der Waals surface area contributed by atoms with E-state index in [-0.39, 0.29) is 5.91 Å². The molecule has 1 aromatic heterocycles. The molecule has 0 aliphatic heterocycles. The van der Waals surface area contributed by atoms with E-state index in [0.717, 1.165) is 18.0 Å². The van der Waals surface area contributed by atoms with Gasteiger partial charge in [-0.25, -0.2) is 10.8 Å². The highest BCUT2D eigenvalue weighted by Gasteiger charge is 2.17. The van der Waals surface area contributed by atoms with Crippen molar-refractivity contribution in [2.24, 2.45) is 5.84 Å². The van der Waals surface area contributed by atoms with Crippen molar-refractivity contribution in [1.29, 1.82) is 0 Å². The fourth-order valence-electron chi connectivity index (χ4n) is 1.30. The molecule has 0 bridgehead atoms. The number of hydrazine groups is 1. The van der Waals surface area contributed by atoms with E-state index in [9.17, 15) is 4.79 Å². The third-order valence-corrected chi connectivity index (χ3v) is 3.29. The first-order valence-electron chi connectivity index (χ1n) is 5.21. The monoisotopic (exact) mass is 258 g/mol. The van der Waals surface area contributed by atoms with Crippen LogP contribution in [0.25, 0.3) is 0 Å². The summed E-state index contributed by atoms with van der Waals surface area (Å²) in [5.74, 6) is 4.82. The summed E-state index contributed by atoms with van der Waals surface area (Å²) in [4.78, 5) is 18.5. The smallest absolute Gasteiger partial charge is 0.277 e. The van der Waals surface area contributed by atoms with Crippen molar-refractivity contribution in [3.8, 4) is 0 Å². The van der Waals surface area contributed by atoms with E-state index in [1.165, 1.54) is 11.3 Å². The second-order valence-electron chi connectivity index (χ2n) is 3.84. The summed E-state index contributed by atoms with van der Waals surface area (Å²) in [6.07, 6.45) is 0.812. The van der Waals surface area contributed by atoms with E-state index in [4.69, 9.17) is 10.6 Å². The lowest BCUT2D eigenvalue weighted by Crippen LogP contribution is -2.30. The molecule has 17 heavy (non-hydrogen) atoms. The molecule has 3 N–H and O–H groups in total. The van der Waals surface area contributed by atoms with E-state index in [1.807, 2.05) is 14.1 Å². The van der Waals surface area contributed by atoms with Crippen molar-refractivity contribution < 1.29 is 9.53 Å². The Labute approximate surface area is 105 Å². The maximum atomic E-state index is 11.5. The molecule has 7 heteroatoms. The summed E-state index contributed by atoms with van der Waals surface area (Å²) in [5.41, 5.74) is 2.77. The summed E-state index contributed by atoms with van der Waals surface area (Å²) < 4.78 is 5.02. The third-order valence-electron chi connectivity index (χ3n) is 2.13. The number of carbonyl (C=O) groups is 1. The Morgan fingerprint density at radius 1 is 1.59 bits per heavy atom. The van der Waals surface area contributed by atoms with Gasteiger partial charge in [0.15, 0.2) is 0 Å². The second kappa shape index (κ2) is 6.65. The van der Waals surface area contributed by atoms with Gasteiger partial charge in [0.1, 0.15) is 4.88 Å². The van der Waals surface area contributed by atoms with E-state index in [2.05, 4.69) is 15.3 Å². The number of nitrogens with two attached hydrogens (primary N) is 1. The largest absolute Gasteiger partial charge is 0.378 e. The van der Waals surface area contributed by atoms with Gasteiger partial charge in [-0.1, -0.05) is 0 Å². The summed E-state index contributed by atoms with van der Waals surface area (Å²) in [6, 6.07) is 0. The maximum Gasteiger partial charge on any atom is 0.277 e. The number of likely N-dealkylation sites (N-methyl/N-ethyl adjacent to an activating group) is 1. The van der Waals surface area contributed by atoms with Gasteiger partial charge >= 0.3 is 0 Å². The number of thiazole rings is 1. The van der Waals surface area contributed by atoms with Crippen LogP contribution in [-0.2, 0) is 17.8 Å². The topological polar surface area (TPSA) is 80.5 Å². The van der Waals surface area contributed by atoms with Crippen LogP contribution in [0.15, 0.2) is 0 Å². The van der Waals surface area contributed by atoms with Crippen molar-refractivity contribution in [2.45, 2.75) is 13.0 Å². The van der Waals surface area contributed by atoms with Crippen LogP contribution in [0.3, 0.4) is 0 Å². The zero-order chi connectivity index (χ0) is 12.8. The Kier molecular flexibility index (Phi) is 5.49. The molecule has 0 saturated carbocycles. The van der Waals surface area contributed by atoms with E-state index < -0.39 is 0 Å². The molecular weight excluding hydrogens is 240 g/mol. The van der Waals surface area contributed by atoms with Crippen LogP contribution in [-0.4, -0.2) is 43.5 Å². The van der Waals surface area contributed by atoms with Crippen molar-refractivity contribution in [1.82, 2.24) is 15.3 Å². The molecule has 0 saturated heterocycles. The number of aromatic nitrogens is 1. The van der Waals surface area contributed by atoms with E-state index >= 15 is 0 Å². The van der Waals surface area contributed by atoms with Crippen molar-refractivity contribution in [3.63, 3.8) is 0 Å². The normalized spacial score (nSPS) is 10.9. The van der Waals surface area contributed by atoms with Gasteiger partial charge in [-0.2, -0.15) is 0 Å². The first-order chi connectivity index (χ1) is 8.08. The van der Waals surface area contributed by atoms with Crippen LogP contribution < -0.4 is 11.3 Å². The molecule has 1 aromatic rings. The standard InChI is InChI=1S/C10H18N4O2S/c1-14(2)5-4-8-12-7(6-16-3)9(17-8)10(15)13-11/h4-6,11H2,1-3H3,(H,13,15). The average Bonchev–Trinajstić information content (AvgIpc) is 2.69. The molecule has 0 radical (unpaired) electrons. The van der Waals surface area contributed by atoms with Gasteiger partial charge in [0.05, 0.1) is 17.3 Å². The predicted molar refractivity (Wildman–Crippen MR) is 66.7 cm³/mol. The number of carbonyl (C=O) groups excluding carboxylic acids is 1. The number of nitrogen functional groups attached to an aromatic ring is 1. The lowest BCUT2D eigenvalue weighted by Gasteiger charge is -2.06. The lowest BCUT2D eigenvalue weighted by molar-refractivity contribution is 0.0952. The van der Waals surface area contributed by atoms with Gasteiger partial charge in [0.25, 0.3) is 5.91 Å². The third kappa shape index (κ3) is 4.04. The Bertz CT molecular complexity index is 378. The number of ether oxygens (including phenoxy) is 1. The molecule has 1 amide bonds. The summed E-state index contributed by atoms with van der Waals surface area (Å²) in [7, 11) is 5.57. The number of hydrogen-bond acceptors (Lipinski definition) is 6. The number of hydrogen-bond donors (Lipinski definition) is 2. The summed E-state index contributed by atoms with van der Waals surface area (Å²) in [5, 5.41) is 0.921. The maximum absolute atomic E-state index is 11.5. The summed E-state index contributed by atoms with van der Waals surface area (Å²) >= 11 is 1.36. The highest BCUT2D eigenvalue weighted by atomic mass is 32.1. The fraction of sp³-hybridized carbons (Fsp3) is 0.600. The fourth-order valence-corrected chi connectivity index (χ4v) is 2.26. The van der Waals surface area contributed by atoms with Crippen molar-refractivity contribution >= 4 is 17.2 Å².